The summed E-state index contributed by atoms with van der Waals surface area (Å²) in [5.41, 5.74) is 0.476. The maximum absolute atomic E-state index is 11.7. The van der Waals surface area contributed by atoms with Crippen LogP contribution < -0.4 is 15.4 Å². The van der Waals surface area contributed by atoms with E-state index in [1.54, 1.807) is 37.3 Å². The fourth-order valence-electron chi connectivity index (χ4n) is 1.75. The topological polar surface area (TPSA) is 107 Å². The minimum atomic E-state index is -0.784. The Hall–Kier alpha value is -3.29. The summed E-state index contributed by atoms with van der Waals surface area (Å²) in [5, 5.41) is 4.50. The van der Waals surface area contributed by atoms with Gasteiger partial charge in [0.25, 0.3) is 5.91 Å². The summed E-state index contributed by atoms with van der Waals surface area (Å²) >= 11 is 0. The maximum Gasteiger partial charge on any atom is 0.374 e. The van der Waals surface area contributed by atoms with Crippen LogP contribution in [0.4, 0.5) is 10.5 Å². The smallest absolute Gasteiger partial charge is 0.374 e. The number of ether oxygens (including phenoxy) is 2. The highest BCUT2D eigenvalue weighted by Gasteiger charge is 2.15. The number of methoxy groups -OCH3 is 1. The summed E-state index contributed by atoms with van der Waals surface area (Å²) in [6, 6.07) is 8.83. The number of benzene rings is 1. The molecule has 0 fully saturated rings. The number of hydrogen-bond acceptors (Lipinski definition) is 6. The highest BCUT2D eigenvalue weighted by atomic mass is 16.5. The predicted molar refractivity (Wildman–Crippen MR) is 83.9 cm³/mol. The highest BCUT2D eigenvalue weighted by molar-refractivity contribution is 6.02. The van der Waals surface area contributed by atoms with Gasteiger partial charge in [0.1, 0.15) is 11.5 Å². The normalized spacial score (nSPS) is 9.92. The van der Waals surface area contributed by atoms with Gasteiger partial charge in [0.2, 0.25) is 5.76 Å². The van der Waals surface area contributed by atoms with Crippen molar-refractivity contribution in [2.75, 3.05) is 19.0 Å². The molecule has 0 aliphatic rings. The lowest BCUT2D eigenvalue weighted by Crippen LogP contribution is -2.37. The Morgan fingerprint density at radius 2 is 1.79 bits per heavy atom. The van der Waals surface area contributed by atoms with E-state index in [2.05, 4.69) is 5.32 Å². The van der Waals surface area contributed by atoms with Gasteiger partial charge in [-0.1, -0.05) is 0 Å². The van der Waals surface area contributed by atoms with Crippen LogP contribution in [0.3, 0.4) is 0 Å². The molecule has 2 aromatic rings. The molecule has 0 aliphatic carbocycles. The standard InChI is InChI=1S/C16H16N2O6/c1-10-3-8-13(24-10)15(20)23-9-14(19)18-16(21)17-11-4-6-12(22-2)7-5-11/h3-8H,9H2,1-2H3,(H2,17,18,19,21). The Morgan fingerprint density at radius 3 is 2.38 bits per heavy atom. The summed E-state index contributed by atoms with van der Waals surface area (Å²) in [4.78, 5) is 34.8. The number of furan rings is 1. The number of hydrogen-bond donors (Lipinski definition) is 2. The van der Waals surface area contributed by atoms with E-state index >= 15 is 0 Å². The number of anilines is 1. The van der Waals surface area contributed by atoms with Gasteiger partial charge in [-0.15, -0.1) is 0 Å². The summed E-state index contributed by atoms with van der Waals surface area (Å²) in [7, 11) is 1.53. The zero-order valence-corrected chi connectivity index (χ0v) is 13.1. The lowest BCUT2D eigenvalue weighted by atomic mass is 10.3. The van der Waals surface area contributed by atoms with Gasteiger partial charge < -0.3 is 19.2 Å². The molecule has 0 bridgehead atoms. The van der Waals surface area contributed by atoms with E-state index in [1.165, 1.54) is 13.2 Å². The fraction of sp³-hybridized carbons (Fsp3) is 0.188. The molecule has 0 saturated heterocycles. The number of aryl methyl sites for hydroxylation is 1. The maximum atomic E-state index is 11.7. The first-order valence-electron chi connectivity index (χ1n) is 6.96. The van der Waals surface area contributed by atoms with E-state index in [1.807, 2.05) is 5.32 Å². The van der Waals surface area contributed by atoms with Crippen molar-refractivity contribution in [3.63, 3.8) is 0 Å². The van der Waals surface area contributed by atoms with Crippen molar-refractivity contribution in [3.8, 4) is 5.75 Å². The van der Waals surface area contributed by atoms with E-state index in [-0.39, 0.29) is 5.76 Å². The second-order valence-electron chi connectivity index (χ2n) is 4.72. The number of urea groups is 1. The Labute approximate surface area is 137 Å². The monoisotopic (exact) mass is 332 g/mol. The first-order valence-corrected chi connectivity index (χ1v) is 6.96. The second kappa shape index (κ2) is 7.82. The highest BCUT2D eigenvalue weighted by Crippen LogP contribution is 2.14. The van der Waals surface area contributed by atoms with Crippen molar-refractivity contribution in [3.05, 3.63) is 47.9 Å². The molecule has 24 heavy (non-hydrogen) atoms. The number of carbonyl (C=O) groups excluding carboxylic acids is 3. The summed E-state index contributed by atoms with van der Waals surface area (Å²) in [6.45, 7) is 1.07. The Kier molecular flexibility index (Phi) is 5.56. The average molecular weight is 332 g/mol. The molecule has 0 spiro atoms. The molecule has 1 aromatic heterocycles. The van der Waals surface area contributed by atoms with Crippen molar-refractivity contribution in [1.29, 1.82) is 0 Å². The third kappa shape index (κ3) is 4.87. The molecule has 0 radical (unpaired) electrons. The molecule has 8 nitrogen and oxygen atoms in total. The minimum absolute atomic E-state index is 0.0111. The van der Waals surface area contributed by atoms with E-state index in [9.17, 15) is 14.4 Å². The molecule has 3 amide bonds. The van der Waals surface area contributed by atoms with Crippen molar-refractivity contribution in [2.45, 2.75) is 6.92 Å². The number of nitrogens with one attached hydrogen (secondary N) is 2. The van der Waals surface area contributed by atoms with E-state index in [4.69, 9.17) is 13.9 Å². The van der Waals surface area contributed by atoms with Gasteiger partial charge in [-0.25, -0.2) is 9.59 Å². The Morgan fingerprint density at radius 1 is 1.08 bits per heavy atom. The van der Waals surface area contributed by atoms with Gasteiger partial charge in [-0.2, -0.15) is 0 Å². The van der Waals surface area contributed by atoms with Crippen LogP contribution in [0, 0.1) is 6.92 Å². The van der Waals surface area contributed by atoms with Crippen LogP contribution in [0.2, 0.25) is 0 Å². The van der Waals surface area contributed by atoms with Crippen LogP contribution in [0.1, 0.15) is 16.3 Å². The third-order valence-corrected chi connectivity index (χ3v) is 2.88. The fourth-order valence-corrected chi connectivity index (χ4v) is 1.75. The molecule has 1 heterocycles. The van der Waals surface area contributed by atoms with Crippen LogP contribution in [-0.4, -0.2) is 31.6 Å². The first kappa shape index (κ1) is 17.1. The SMILES string of the molecule is COc1ccc(NC(=O)NC(=O)COC(=O)c2ccc(C)o2)cc1. The first-order chi connectivity index (χ1) is 11.5. The van der Waals surface area contributed by atoms with Gasteiger partial charge >= 0.3 is 12.0 Å². The summed E-state index contributed by atoms with van der Waals surface area (Å²) in [5.74, 6) is -0.378. The number of rotatable bonds is 5. The molecule has 0 saturated carbocycles. The van der Waals surface area contributed by atoms with Gasteiger partial charge in [-0.05, 0) is 43.3 Å². The quantitative estimate of drug-likeness (QED) is 0.812. The minimum Gasteiger partial charge on any atom is -0.497 e. The Bertz CT molecular complexity index is 735. The molecule has 0 aliphatic heterocycles. The largest absolute Gasteiger partial charge is 0.497 e. The summed E-state index contributed by atoms with van der Waals surface area (Å²) < 4.78 is 14.8. The van der Waals surface area contributed by atoms with Crippen LogP contribution in [-0.2, 0) is 9.53 Å². The lowest BCUT2D eigenvalue weighted by molar-refractivity contribution is -0.123. The number of carbonyl (C=O) groups is 3. The molecule has 0 atom stereocenters. The Balaban J connectivity index is 1.76. The lowest BCUT2D eigenvalue weighted by Gasteiger charge is -2.07. The van der Waals surface area contributed by atoms with Gasteiger partial charge in [0, 0.05) is 5.69 Å². The van der Waals surface area contributed by atoms with E-state index in [0.717, 1.165) is 0 Å². The zero-order chi connectivity index (χ0) is 17.5. The number of esters is 1. The molecular formula is C16H16N2O6. The van der Waals surface area contributed by atoms with Gasteiger partial charge in [0.15, 0.2) is 6.61 Å². The molecular weight excluding hydrogens is 316 g/mol. The van der Waals surface area contributed by atoms with E-state index in [0.29, 0.717) is 17.2 Å². The van der Waals surface area contributed by atoms with Crippen LogP contribution in [0.15, 0.2) is 40.8 Å². The molecule has 8 heteroatoms. The van der Waals surface area contributed by atoms with Gasteiger partial charge in [-0.3, -0.25) is 10.1 Å². The average Bonchev–Trinajstić information content (AvgIpc) is 3.00. The van der Waals surface area contributed by atoms with Crippen LogP contribution in [0.25, 0.3) is 0 Å². The molecule has 126 valence electrons. The molecule has 2 rings (SSSR count). The summed E-state index contributed by atoms with van der Waals surface area (Å²) in [6.07, 6.45) is 0. The number of imide groups is 1. The van der Waals surface area contributed by atoms with Crippen molar-refractivity contribution >= 4 is 23.6 Å². The second-order valence-corrected chi connectivity index (χ2v) is 4.72. The van der Waals surface area contributed by atoms with Crippen LogP contribution in [0.5, 0.6) is 5.75 Å². The van der Waals surface area contributed by atoms with Crippen molar-refractivity contribution in [2.24, 2.45) is 0 Å². The third-order valence-electron chi connectivity index (χ3n) is 2.88. The van der Waals surface area contributed by atoms with Gasteiger partial charge in [0.05, 0.1) is 7.11 Å². The van der Waals surface area contributed by atoms with Crippen molar-refractivity contribution in [1.82, 2.24) is 5.32 Å². The van der Waals surface area contributed by atoms with E-state index < -0.39 is 24.5 Å². The number of amides is 3. The van der Waals surface area contributed by atoms with Crippen molar-refractivity contribution < 1.29 is 28.3 Å². The van der Waals surface area contributed by atoms with Crippen LogP contribution >= 0.6 is 0 Å². The predicted octanol–water partition coefficient (Wildman–Crippen LogP) is 2.10. The molecule has 1 aromatic carbocycles. The molecule has 0 unspecified atom stereocenters. The zero-order valence-electron chi connectivity index (χ0n) is 13.1. The molecule has 2 N–H and O–H groups in total.